The van der Waals surface area contributed by atoms with Gasteiger partial charge in [-0.25, -0.2) is 0 Å². The Hall–Kier alpha value is -1.36. The van der Waals surface area contributed by atoms with Gasteiger partial charge in [0.25, 0.3) is 0 Å². The molecule has 4 nitrogen and oxygen atoms in total. The first-order valence-electron chi connectivity index (χ1n) is 5.45. The van der Waals surface area contributed by atoms with Crippen LogP contribution in [0.4, 0.5) is 0 Å². The smallest absolute Gasteiger partial charge is 0.303 e. The maximum absolute atomic E-state index is 11.1. The highest BCUT2D eigenvalue weighted by Gasteiger charge is 2.31. The minimum Gasteiger partial charge on any atom is -0.454 e. The molecule has 0 aliphatic heterocycles. The van der Waals surface area contributed by atoms with Gasteiger partial charge >= 0.3 is 11.9 Å². The Bertz CT molecular complexity index is 371. The van der Waals surface area contributed by atoms with Crippen molar-refractivity contribution in [3.8, 4) is 0 Å². The fourth-order valence-electron chi connectivity index (χ4n) is 1.69. The molecule has 0 aromatic heterocycles. The molecule has 0 aromatic rings. The second-order valence-corrected chi connectivity index (χ2v) is 6.69. The van der Waals surface area contributed by atoms with Crippen LogP contribution < -0.4 is 0 Å². The number of carbonyl (C=O) groups excluding carboxylic acids is 2. The van der Waals surface area contributed by atoms with Gasteiger partial charge in [0.05, 0.1) is 8.80 Å². The summed E-state index contributed by atoms with van der Waals surface area (Å²) in [5.74, 6) is -0.740. The third-order valence-corrected chi connectivity index (χ3v) is 3.96. The van der Waals surface area contributed by atoms with Crippen LogP contribution >= 0.6 is 0 Å². The first kappa shape index (κ1) is 13.7. The SMILES string of the molecule is CC(=O)O[C@H]1C=CC=C([Si](C)C)[C@H]1OC(C)=O. The summed E-state index contributed by atoms with van der Waals surface area (Å²) in [5, 5.41) is 1.05. The summed E-state index contributed by atoms with van der Waals surface area (Å²) >= 11 is 0. The van der Waals surface area contributed by atoms with E-state index in [-0.39, 0.29) is 11.9 Å². The highest BCUT2D eigenvalue weighted by Crippen LogP contribution is 2.22. The topological polar surface area (TPSA) is 52.6 Å². The molecule has 0 amide bonds. The normalized spacial score (nSPS) is 23.2. The molecule has 93 valence electrons. The molecule has 0 heterocycles. The van der Waals surface area contributed by atoms with E-state index in [0.717, 1.165) is 5.20 Å². The predicted octanol–water partition coefficient (Wildman–Crippen LogP) is 1.64. The van der Waals surface area contributed by atoms with Crippen molar-refractivity contribution in [3.63, 3.8) is 0 Å². The highest BCUT2D eigenvalue weighted by atomic mass is 28.3. The van der Waals surface area contributed by atoms with Crippen LogP contribution in [0.2, 0.25) is 13.1 Å². The second-order valence-electron chi connectivity index (χ2n) is 4.11. The van der Waals surface area contributed by atoms with Gasteiger partial charge < -0.3 is 9.47 Å². The first-order valence-corrected chi connectivity index (χ1v) is 7.95. The first-order chi connectivity index (χ1) is 7.91. The van der Waals surface area contributed by atoms with Crippen molar-refractivity contribution >= 4 is 20.7 Å². The lowest BCUT2D eigenvalue weighted by molar-refractivity contribution is -0.158. The molecule has 1 rings (SSSR count). The Labute approximate surface area is 103 Å². The maximum atomic E-state index is 11.1. The van der Waals surface area contributed by atoms with E-state index < -0.39 is 21.0 Å². The summed E-state index contributed by atoms with van der Waals surface area (Å²) < 4.78 is 10.4. The van der Waals surface area contributed by atoms with Crippen LogP contribution in [0, 0.1) is 0 Å². The van der Waals surface area contributed by atoms with Gasteiger partial charge in [-0.05, 0) is 11.3 Å². The number of esters is 2. The molecule has 1 radical (unpaired) electrons. The van der Waals surface area contributed by atoms with Crippen LogP contribution in [-0.2, 0) is 19.1 Å². The second kappa shape index (κ2) is 5.81. The van der Waals surface area contributed by atoms with Crippen molar-refractivity contribution in [2.24, 2.45) is 0 Å². The summed E-state index contributed by atoms with van der Waals surface area (Å²) in [7, 11) is -0.755. The molecule has 1 aliphatic carbocycles. The zero-order chi connectivity index (χ0) is 13.0. The van der Waals surface area contributed by atoms with E-state index in [2.05, 4.69) is 13.1 Å². The van der Waals surface area contributed by atoms with Crippen molar-refractivity contribution in [2.75, 3.05) is 0 Å². The quantitative estimate of drug-likeness (QED) is 0.567. The lowest BCUT2D eigenvalue weighted by Crippen LogP contribution is -2.39. The van der Waals surface area contributed by atoms with Gasteiger partial charge in [-0.2, -0.15) is 0 Å². The molecule has 0 spiro atoms. The molecule has 5 heteroatoms. The molecule has 0 unspecified atom stereocenters. The largest absolute Gasteiger partial charge is 0.454 e. The molecule has 0 saturated carbocycles. The molecule has 17 heavy (non-hydrogen) atoms. The summed E-state index contributed by atoms with van der Waals surface area (Å²) in [6, 6.07) is 0. The van der Waals surface area contributed by atoms with Gasteiger partial charge in [-0.15, -0.1) is 0 Å². The van der Waals surface area contributed by atoms with Gasteiger partial charge in [-0.1, -0.05) is 25.2 Å². The zero-order valence-corrected chi connectivity index (χ0v) is 11.5. The molecule has 0 fully saturated rings. The monoisotopic (exact) mass is 253 g/mol. The Morgan fingerprint density at radius 3 is 2.24 bits per heavy atom. The third-order valence-electron chi connectivity index (χ3n) is 2.35. The molecule has 1 aliphatic rings. The van der Waals surface area contributed by atoms with E-state index in [4.69, 9.17) is 9.47 Å². The number of allylic oxidation sites excluding steroid dienone is 2. The molecule has 0 aromatic carbocycles. The minimum absolute atomic E-state index is 0.364. The van der Waals surface area contributed by atoms with Crippen molar-refractivity contribution in [1.82, 2.24) is 0 Å². The fourth-order valence-corrected chi connectivity index (χ4v) is 2.92. The summed E-state index contributed by atoms with van der Waals surface area (Å²) in [6.45, 7) is 6.92. The minimum atomic E-state index is -0.755. The highest BCUT2D eigenvalue weighted by molar-refractivity contribution is 6.64. The van der Waals surface area contributed by atoms with Crippen molar-refractivity contribution < 1.29 is 19.1 Å². The van der Waals surface area contributed by atoms with Crippen molar-refractivity contribution in [1.29, 1.82) is 0 Å². The number of hydrogen-bond acceptors (Lipinski definition) is 4. The average Bonchev–Trinajstić information content (AvgIpc) is 2.18. The molecular formula is C12H17O4Si. The molecule has 0 bridgehead atoms. The molecule has 0 N–H and O–H groups in total. The average molecular weight is 253 g/mol. The van der Waals surface area contributed by atoms with Crippen LogP contribution in [-0.4, -0.2) is 32.9 Å². The van der Waals surface area contributed by atoms with Crippen molar-refractivity contribution in [2.45, 2.75) is 39.1 Å². The van der Waals surface area contributed by atoms with Crippen LogP contribution in [0.3, 0.4) is 0 Å². The third kappa shape index (κ3) is 3.85. The van der Waals surface area contributed by atoms with Crippen LogP contribution in [0.15, 0.2) is 23.4 Å². The van der Waals surface area contributed by atoms with E-state index in [1.807, 2.05) is 12.2 Å². The van der Waals surface area contributed by atoms with Crippen LogP contribution in [0.25, 0.3) is 0 Å². The number of hydrogen-bond donors (Lipinski definition) is 0. The van der Waals surface area contributed by atoms with E-state index in [1.54, 1.807) is 6.08 Å². The van der Waals surface area contributed by atoms with Crippen LogP contribution in [0.1, 0.15) is 13.8 Å². The maximum Gasteiger partial charge on any atom is 0.303 e. The summed E-state index contributed by atoms with van der Waals surface area (Å²) in [5.41, 5.74) is 0. The standard InChI is InChI=1S/C12H17O4Si/c1-8(13)15-10-6-5-7-11(17(3)4)12(10)16-9(2)14/h5-7,10,12H,1-4H3/t10-,12-/m0/s1. The van der Waals surface area contributed by atoms with E-state index in [0.29, 0.717) is 0 Å². The zero-order valence-electron chi connectivity index (χ0n) is 10.5. The van der Waals surface area contributed by atoms with E-state index in [1.165, 1.54) is 13.8 Å². The lowest BCUT2D eigenvalue weighted by atomic mass is 10.1. The van der Waals surface area contributed by atoms with Gasteiger partial charge in [-0.3, -0.25) is 9.59 Å². The molecule has 0 saturated heterocycles. The summed E-state index contributed by atoms with van der Waals surface area (Å²) in [6.07, 6.45) is 4.56. The molecular weight excluding hydrogens is 236 g/mol. The molecule has 2 atom stereocenters. The Balaban J connectivity index is 2.91. The van der Waals surface area contributed by atoms with Crippen LogP contribution in [0.5, 0.6) is 0 Å². The predicted molar refractivity (Wildman–Crippen MR) is 65.8 cm³/mol. The Morgan fingerprint density at radius 2 is 1.76 bits per heavy atom. The fraction of sp³-hybridized carbons (Fsp3) is 0.500. The van der Waals surface area contributed by atoms with Gasteiger partial charge in [0.1, 0.15) is 0 Å². The van der Waals surface area contributed by atoms with Gasteiger partial charge in [0.15, 0.2) is 12.2 Å². The van der Waals surface area contributed by atoms with Crippen molar-refractivity contribution in [3.05, 3.63) is 23.4 Å². The Kier molecular flexibility index (Phi) is 4.69. The van der Waals surface area contributed by atoms with Gasteiger partial charge in [0.2, 0.25) is 0 Å². The number of ether oxygens (including phenoxy) is 2. The number of carbonyl (C=O) groups is 2. The summed E-state index contributed by atoms with van der Waals surface area (Å²) in [4.78, 5) is 22.1. The Morgan fingerprint density at radius 1 is 1.18 bits per heavy atom. The number of rotatable bonds is 3. The van der Waals surface area contributed by atoms with E-state index in [9.17, 15) is 9.59 Å². The van der Waals surface area contributed by atoms with Gasteiger partial charge in [0, 0.05) is 13.8 Å². The van der Waals surface area contributed by atoms with E-state index >= 15 is 0 Å². The lowest BCUT2D eigenvalue weighted by Gasteiger charge is -2.29.